The van der Waals surface area contributed by atoms with Gasteiger partial charge in [0.2, 0.25) is 0 Å². The maximum Gasteiger partial charge on any atom is 0.260 e. The third-order valence-electron chi connectivity index (χ3n) is 7.51. The molecule has 9 heteroatoms. The van der Waals surface area contributed by atoms with Crippen LogP contribution in [0.2, 0.25) is 10.0 Å². The lowest BCUT2D eigenvalue weighted by atomic mass is 9.56. The molecule has 2 N–H and O–H groups in total. The van der Waals surface area contributed by atoms with Gasteiger partial charge in [-0.3, -0.25) is 15.0 Å². The Labute approximate surface area is 236 Å². The van der Waals surface area contributed by atoms with E-state index < -0.39 is 29.1 Å². The van der Waals surface area contributed by atoms with Crippen molar-refractivity contribution < 1.29 is 24.2 Å². The van der Waals surface area contributed by atoms with E-state index in [9.17, 15) is 14.7 Å². The second-order valence-electron chi connectivity index (χ2n) is 9.37. The van der Waals surface area contributed by atoms with E-state index in [-0.39, 0.29) is 10.8 Å². The van der Waals surface area contributed by atoms with Crippen LogP contribution in [0.4, 0.5) is 5.69 Å². The first kappa shape index (κ1) is 26.7. The number of aromatic hydroxyl groups is 1. The maximum absolute atomic E-state index is 14.7. The van der Waals surface area contributed by atoms with Gasteiger partial charge in [0.05, 0.1) is 36.3 Å². The van der Waals surface area contributed by atoms with Gasteiger partial charge in [0.1, 0.15) is 5.75 Å². The molecule has 0 bridgehead atoms. The molecule has 5 rings (SSSR count). The van der Waals surface area contributed by atoms with Crippen LogP contribution in [0.3, 0.4) is 0 Å². The summed E-state index contributed by atoms with van der Waals surface area (Å²) in [7, 11) is 3.02. The lowest BCUT2D eigenvalue weighted by Crippen LogP contribution is -2.48. The van der Waals surface area contributed by atoms with Crippen LogP contribution in [0.5, 0.6) is 17.2 Å². The van der Waals surface area contributed by atoms with Gasteiger partial charge in [-0.15, -0.1) is 0 Å². The fourth-order valence-corrected chi connectivity index (χ4v) is 6.19. The number of phenols is 1. The van der Waals surface area contributed by atoms with Crippen molar-refractivity contribution in [1.82, 2.24) is 5.01 Å². The predicted molar refractivity (Wildman–Crippen MR) is 150 cm³/mol. The Morgan fingerprint density at radius 3 is 2.41 bits per heavy atom. The molecule has 3 unspecified atom stereocenters. The molecular formula is C30H26Cl2N2O5. The first-order valence-electron chi connectivity index (χ1n) is 12.2. The van der Waals surface area contributed by atoms with Crippen LogP contribution in [0.15, 0.2) is 85.0 Å². The van der Waals surface area contributed by atoms with Crippen LogP contribution in [0.1, 0.15) is 23.5 Å². The molecule has 0 saturated carbocycles. The highest BCUT2D eigenvalue weighted by Crippen LogP contribution is 2.58. The number of carbonyl (C=O) groups excluding carboxylic acids is 2. The molecule has 0 spiro atoms. The lowest BCUT2D eigenvalue weighted by molar-refractivity contribution is -0.138. The van der Waals surface area contributed by atoms with Gasteiger partial charge in [0, 0.05) is 10.9 Å². The van der Waals surface area contributed by atoms with Crippen LogP contribution >= 0.6 is 23.2 Å². The summed E-state index contributed by atoms with van der Waals surface area (Å²) in [6.45, 7) is 4.00. The Hall–Kier alpha value is -3.94. The molecule has 0 radical (unpaired) electrons. The van der Waals surface area contributed by atoms with Gasteiger partial charge in [-0.1, -0.05) is 60.1 Å². The number of hydrogen-bond donors (Lipinski definition) is 2. The molecule has 1 saturated heterocycles. The molecule has 0 aromatic heterocycles. The number of fused-ring (bicyclic) bond motifs is 1. The van der Waals surface area contributed by atoms with Crippen LogP contribution in [0.25, 0.3) is 0 Å². The minimum absolute atomic E-state index is 0.0786. The molecule has 2 aliphatic rings. The smallest absolute Gasteiger partial charge is 0.260 e. The SMILES string of the molecule is C=CC1=CCC2C(=O)N(Nc3ccc(Cl)cc3Cl)C(=O)C2(c2ccc(OC)cc2)C1c1ccc(OC)c(O)c1. The Kier molecular flexibility index (Phi) is 7.05. The molecule has 2 amide bonds. The molecule has 3 atom stereocenters. The molecule has 3 aromatic carbocycles. The van der Waals surface area contributed by atoms with Crippen LogP contribution in [-0.2, 0) is 15.0 Å². The van der Waals surface area contributed by atoms with E-state index in [0.29, 0.717) is 39.8 Å². The number of nitrogens with one attached hydrogen (secondary N) is 1. The highest BCUT2D eigenvalue weighted by molar-refractivity contribution is 6.36. The minimum Gasteiger partial charge on any atom is -0.504 e. The first-order chi connectivity index (χ1) is 18.8. The monoisotopic (exact) mass is 564 g/mol. The Balaban J connectivity index is 1.73. The van der Waals surface area contributed by atoms with Crippen molar-refractivity contribution in [1.29, 1.82) is 0 Å². The number of methoxy groups -OCH3 is 2. The topological polar surface area (TPSA) is 88.1 Å². The quantitative estimate of drug-likeness (QED) is 0.329. The highest BCUT2D eigenvalue weighted by atomic mass is 35.5. The van der Waals surface area contributed by atoms with Crippen molar-refractivity contribution in [3.8, 4) is 17.2 Å². The molecule has 1 aliphatic carbocycles. The van der Waals surface area contributed by atoms with Crippen molar-refractivity contribution >= 4 is 40.7 Å². The van der Waals surface area contributed by atoms with E-state index in [0.717, 1.165) is 10.6 Å². The molecule has 7 nitrogen and oxygen atoms in total. The zero-order valence-electron chi connectivity index (χ0n) is 21.3. The number of anilines is 1. The zero-order chi connectivity index (χ0) is 27.9. The van der Waals surface area contributed by atoms with Crippen LogP contribution in [0, 0.1) is 5.92 Å². The summed E-state index contributed by atoms with van der Waals surface area (Å²) in [6, 6.07) is 16.9. The summed E-state index contributed by atoms with van der Waals surface area (Å²) in [5, 5.41) is 12.4. The summed E-state index contributed by atoms with van der Waals surface area (Å²) >= 11 is 12.4. The van der Waals surface area contributed by atoms with Gasteiger partial charge in [-0.25, -0.2) is 0 Å². The van der Waals surface area contributed by atoms with Crippen LogP contribution < -0.4 is 14.9 Å². The number of allylic oxidation sites excluding steroid dienone is 3. The number of benzene rings is 3. The van der Waals surface area contributed by atoms with E-state index in [1.165, 1.54) is 13.2 Å². The van der Waals surface area contributed by atoms with Gasteiger partial charge in [-0.05, 0) is 65.6 Å². The number of nitrogens with zero attached hydrogens (tertiary/aromatic N) is 1. The molecule has 200 valence electrons. The summed E-state index contributed by atoms with van der Waals surface area (Å²) in [5.74, 6) is -1.43. The Bertz CT molecular complexity index is 1500. The number of amides is 2. The third-order valence-corrected chi connectivity index (χ3v) is 8.05. The lowest BCUT2D eigenvalue weighted by Gasteiger charge is -2.43. The number of phenolic OH excluding ortho intramolecular Hbond substituents is 1. The van der Waals surface area contributed by atoms with Crippen molar-refractivity contribution in [2.45, 2.75) is 17.8 Å². The van der Waals surface area contributed by atoms with E-state index in [2.05, 4.69) is 12.0 Å². The molecular weight excluding hydrogens is 539 g/mol. The zero-order valence-corrected chi connectivity index (χ0v) is 22.8. The van der Waals surface area contributed by atoms with Crippen molar-refractivity contribution in [3.05, 3.63) is 106 Å². The molecule has 1 aliphatic heterocycles. The normalized spacial score (nSPS) is 22.3. The maximum atomic E-state index is 14.7. The van der Waals surface area contributed by atoms with Gasteiger partial charge in [0.15, 0.2) is 11.5 Å². The molecule has 1 heterocycles. The van der Waals surface area contributed by atoms with Gasteiger partial charge >= 0.3 is 0 Å². The second kappa shape index (κ2) is 10.3. The predicted octanol–water partition coefficient (Wildman–Crippen LogP) is 6.27. The Morgan fingerprint density at radius 2 is 1.79 bits per heavy atom. The number of rotatable bonds is 7. The average molecular weight is 565 g/mol. The number of hydrogen-bond acceptors (Lipinski definition) is 6. The van der Waals surface area contributed by atoms with E-state index >= 15 is 0 Å². The van der Waals surface area contributed by atoms with Crippen molar-refractivity contribution in [3.63, 3.8) is 0 Å². The third kappa shape index (κ3) is 4.22. The fourth-order valence-electron chi connectivity index (χ4n) is 5.74. The number of imide groups is 1. The average Bonchev–Trinajstić information content (AvgIpc) is 3.16. The van der Waals surface area contributed by atoms with Gasteiger partial charge in [-0.2, -0.15) is 5.01 Å². The number of carbonyl (C=O) groups is 2. The van der Waals surface area contributed by atoms with E-state index in [4.69, 9.17) is 32.7 Å². The van der Waals surface area contributed by atoms with E-state index in [1.807, 2.05) is 6.08 Å². The van der Waals surface area contributed by atoms with E-state index in [1.54, 1.807) is 67.8 Å². The number of hydrazine groups is 1. The summed E-state index contributed by atoms with van der Waals surface area (Å²) in [6.07, 6.45) is 3.93. The first-order valence-corrected chi connectivity index (χ1v) is 13.0. The second-order valence-corrected chi connectivity index (χ2v) is 10.2. The van der Waals surface area contributed by atoms with Crippen molar-refractivity contribution in [2.24, 2.45) is 5.92 Å². The summed E-state index contributed by atoms with van der Waals surface area (Å²) in [5.41, 5.74) is 3.97. The van der Waals surface area contributed by atoms with Gasteiger partial charge in [0.25, 0.3) is 11.8 Å². The minimum atomic E-state index is -1.37. The summed E-state index contributed by atoms with van der Waals surface area (Å²) < 4.78 is 10.6. The largest absolute Gasteiger partial charge is 0.504 e. The standard InChI is InChI=1S/C30H26Cl2N2O5/c1-4-17-5-12-22-28(36)34(33-24-13-9-20(31)16-23(24)32)29(37)30(22,19-7-10-21(38-2)11-8-19)27(17)18-6-14-26(39-3)25(35)15-18/h4-11,13-16,22,27,33,35H,1,12H2,2-3H3. The Morgan fingerprint density at radius 1 is 1.05 bits per heavy atom. The number of halogens is 2. The van der Waals surface area contributed by atoms with Gasteiger partial charge < -0.3 is 14.6 Å². The fraction of sp³-hybridized carbons (Fsp3) is 0.200. The van der Waals surface area contributed by atoms with Crippen LogP contribution in [-0.4, -0.2) is 36.1 Å². The molecule has 3 aromatic rings. The van der Waals surface area contributed by atoms with Crippen molar-refractivity contribution in [2.75, 3.05) is 19.6 Å². The highest BCUT2D eigenvalue weighted by Gasteiger charge is 2.66. The number of ether oxygens (including phenoxy) is 2. The summed E-state index contributed by atoms with van der Waals surface area (Å²) in [4.78, 5) is 28.7. The molecule has 39 heavy (non-hydrogen) atoms. The molecule has 1 fully saturated rings.